The maximum atomic E-state index is 13.0. The Morgan fingerprint density at radius 1 is 1.10 bits per heavy atom. The molecule has 1 fully saturated rings. The average Bonchev–Trinajstić information content (AvgIpc) is 2.92. The zero-order chi connectivity index (χ0) is 21.9. The number of benzene rings is 1. The van der Waals surface area contributed by atoms with Gasteiger partial charge in [-0.1, -0.05) is 11.2 Å². The van der Waals surface area contributed by atoms with Gasteiger partial charge in [-0.25, -0.2) is 16.8 Å². The summed E-state index contributed by atoms with van der Waals surface area (Å²) in [5.41, 5.74) is 0.345. The molecule has 1 aromatic heterocycles. The number of rotatable bonds is 7. The molecular weight excluding hydrogens is 430 g/mol. The molecule has 0 amide bonds. The van der Waals surface area contributed by atoms with Crippen LogP contribution in [-0.2, 0) is 19.9 Å². The molecule has 11 heteroatoms. The molecule has 9 nitrogen and oxygen atoms in total. The molecule has 1 saturated heterocycles. The topological polar surface area (TPSA) is 110 Å². The van der Waals surface area contributed by atoms with E-state index in [-0.39, 0.29) is 27.8 Å². The first-order chi connectivity index (χ1) is 14.1. The van der Waals surface area contributed by atoms with Gasteiger partial charge >= 0.3 is 0 Å². The Labute approximate surface area is 177 Å². The molecular formula is C19H27N3O6S2. The Morgan fingerprint density at radius 2 is 1.87 bits per heavy atom. The number of methoxy groups -OCH3 is 1. The lowest BCUT2D eigenvalue weighted by Gasteiger charge is -2.21. The van der Waals surface area contributed by atoms with Crippen LogP contribution in [0.4, 0.5) is 0 Å². The molecule has 3 rings (SSSR count). The molecule has 0 unspecified atom stereocenters. The van der Waals surface area contributed by atoms with E-state index >= 15 is 0 Å². The van der Waals surface area contributed by atoms with Crippen molar-refractivity contribution in [2.24, 2.45) is 0 Å². The molecule has 30 heavy (non-hydrogen) atoms. The fourth-order valence-corrected chi connectivity index (χ4v) is 6.62. The summed E-state index contributed by atoms with van der Waals surface area (Å²) < 4.78 is 62.9. The van der Waals surface area contributed by atoms with Crippen molar-refractivity contribution in [2.45, 2.75) is 30.1 Å². The summed E-state index contributed by atoms with van der Waals surface area (Å²) in [5.74, 6) is 0.723. The van der Waals surface area contributed by atoms with Crippen molar-refractivity contribution >= 4 is 19.9 Å². The Kier molecular flexibility index (Phi) is 6.85. The van der Waals surface area contributed by atoms with Crippen LogP contribution in [-0.4, -0.2) is 76.8 Å². The van der Waals surface area contributed by atoms with Crippen LogP contribution in [0.5, 0.6) is 5.75 Å². The molecule has 0 spiro atoms. The van der Waals surface area contributed by atoms with E-state index in [2.05, 4.69) is 5.16 Å². The summed E-state index contributed by atoms with van der Waals surface area (Å²) in [7, 11) is -5.68. The van der Waals surface area contributed by atoms with E-state index in [1.165, 1.54) is 17.5 Å². The van der Waals surface area contributed by atoms with E-state index in [0.29, 0.717) is 44.0 Å². The fourth-order valence-electron chi connectivity index (χ4n) is 3.54. The molecule has 0 atom stereocenters. The predicted molar refractivity (Wildman–Crippen MR) is 111 cm³/mol. The van der Waals surface area contributed by atoms with Gasteiger partial charge in [-0.05, 0) is 45.0 Å². The summed E-state index contributed by atoms with van der Waals surface area (Å²) in [5, 5.41) is 3.75. The summed E-state index contributed by atoms with van der Waals surface area (Å²) in [6.45, 7) is 5.25. The SMILES string of the molecule is COc1cccc(S(=O)(=O)CCN2CCCN(S(=O)(=O)c3c(C)noc3C)CC2)c1. The molecule has 0 aliphatic carbocycles. The number of aryl methyl sites for hydroxylation is 2. The van der Waals surface area contributed by atoms with E-state index in [0.717, 1.165) is 0 Å². The van der Waals surface area contributed by atoms with E-state index < -0.39 is 19.9 Å². The molecule has 1 aliphatic rings. The summed E-state index contributed by atoms with van der Waals surface area (Å²) in [6.07, 6.45) is 0.613. The zero-order valence-electron chi connectivity index (χ0n) is 17.4. The second-order valence-corrected chi connectivity index (χ2v) is 11.2. The van der Waals surface area contributed by atoms with Crippen molar-refractivity contribution < 1.29 is 26.1 Å². The number of ether oxygens (including phenoxy) is 1. The molecule has 166 valence electrons. The number of nitrogens with zero attached hydrogens (tertiary/aromatic N) is 3. The molecule has 1 aromatic carbocycles. The minimum atomic E-state index is -3.70. The van der Waals surface area contributed by atoms with Gasteiger partial charge in [-0.2, -0.15) is 4.31 Å². The number of sulfonamides is 1. The molecule has 0 N–H and O–H groups in total. The first-order valence-electron chi connectivity index (χ1n) is 9.67. The quantitative estimate of drug-likeness (QED) is 0.615. The lowest BCUT2D eigenvalue weighted by molar-refractivity contribution is 0.302. The van der Waals surface area contributed by atoms with Crippen molar-refractivity contribution in [1.82, 2.24) is 14.4 Å². The second kappa shape index (κ2) is 9.04. The Morgan fingerprint density at radius 3 is 2.53 bits per heavy atom. The van der Waals surface area contributed by atoms with Crippen LogP contribution in [0.15, 0.2) is 38.6 Å². The minimum Gasteiger partial charge on any atom is -0.497 e. The van der Waals surface area contributed by atoms with Crippen LogP contribution in [0.25, 0.3) is 0 Å². The highest BCUT2D eigenvalue weighted by molar-refractivity contribution is 7.91. The number of hydrogen-bond acceptors (Lipinski definition) is 8. The van der Waals surface area contributed by atoms with Crippen molar-refractivity contribution in [2.75, 3.05) is 45.6 Å². The van der Waals surface area contributed by atoms with Crippen molar-refractivity contribution in [3.8, 4) is 5.75 Å². The van der Waals surface area contributed by atoms with Gasteiger partial charge in [0.25, 0.3) is 0 Å². The number of hydrogen-bond donors (Lipinski definition) is 0. The maximum Gasteiger partial charge on any atom is 0.248 e. The van der Waals surface area contributed by atoms with E-state index in [9.17, 15) is 16.8 Å². The monoisotopic (exact) mass is 457 g/mol. The molecule has 2 heterocycles. The van der Waals surface area contributed by atoms with Crippen molar-refractivity contribution in [1.29, 1.82) is 0 Å². The third kappa shape index (κ3) is 4.85. The average molecular weight is 458 g/mol. The molecule has 0 bridgehead atoms. The largest absolute Gasteiger partial charge is 0.497 e. The molecule has 0 saturated carbocycles. The molecule has 1 aliphatic heterocycles. The highest BCUT2D eigenvalue weighted by Crippen LogP contribution is 2.24. The van der Waals surface area contributed by atoms with Crippen LogP contribution in [0.3, 0.4) is 0 Å². The lowest BCUT2D eigenvalue weighted by Crippen LogP contribution is -2.36. The van der Waals surface area contributed by atoms with Gasteiger partial charge in [0.1, 0.15) is 16.3 Å². The van der Waals surface area contributed by atoms with Crippen molar-refractivity contribution in [3.05, 3.63) is 35.7 Å². The van der Waals surface area contributed by atoms with Crippen molar-refractivity contribution in [3.63, 3.8) is 0 Å². The van der Waals surface area contributed by atoms with Gasteiger partial charge < -0.3 is 14.2 Å². The minimum absolute atomic E-state index is 0.0449. The smallest absolute Gasteiger partial charge is 0.248 e. The van der Waals surface area contributed by atoms with E-state index in [1.807, 2.05) is 4.90 Å². The van der Waals surface area contributed by atoms with Gasteiger partial charge in [-0.15, -0.1) is 0 Å². The molecule has 2 aromatic rings. The van der Waals surface area contributed by atoms with Crippen LogP contribution in [0, 0.1) is 13.8 Å². The highest BCUT2D eigenvalue weighted by Gasteiger charge is 2.32. The highest BCUT2D eigenvalue weighted by atomic mass is 32.2. The predicted octanol–water partition coefficient (Wildman–Crippen LogP) is 1.47. The van der Waals surface area contributed by atoms with Gasteiger partial charge in [0.15, 0.2) is 15.6 Å². The fraction of sp³-hybridized carbons (Fsp3) is 0.526. The van der Waals surface area contributed by atoms with Gasteiger partial charge in [-0.3, -0.25) is 0 Å². The number of aromatic nitrogens is 1. The standard InChI is InChI=1S/C19H27N3O6S2/c1-15-19(16(2)28-20-15)30(25,26)22-9-5-8-21(10-11-22)12-13-29(23,24)18-7-4-6-17(14-18)27-3/h4,6-7,14H,5,8-13H2,1-3H3. The van der Waals surface area contributed by atoms with E-state index in [4.69, 9.17) is 9.26 Å². The van der Waals surface area contributed by atoms with E-state index in [1.54, 1.807) is 32.0 Å². The zero-order valence-corrected chi connectivity index (χ0v) is 19.0. The normalized spacial score (nSPS) is 17.0. The first-order valence-corrected chi connectivity index (χ1v) is 12.8. The van der Waals surface area contributed by atoms with Gasteiger partial charge in [0.2, 0.25) is 10.0 Å². The maximum absolute atomic E-state index is 13.0. The van der Waals surface area contributed by atoms with Crippen LogP contribution in [0.1, 0.15) is 17.9 Å². The first kappa shape index (κ1) is 22.7. The summed E-state index contributed by atoms with van der Waals surface area (Å²) >= 11 is 0. The Hall–Kier alpha value is -1.95. The van der Waals surface area contributed by atoms with Crippen LogP contribution in [0.2, 0.25) is 0 Å². The van der Waals surface area contributed by atoms with Crippen LogP contribution >= 0.6 is 0 Å². The van der Waals surface area contributed by atoms with Crippen LogP contribution < -0.4 is 4.74 Å². The molecule has 0 radical (unpaired) electrons. The number of sulfone groups is 1. The lowest BCUT2D eigenvalue weighted by atomic mass is 10.3. The Balaban J connectivity index is 1.64. The third-order valence-corrected chi connectivity index (χ3v) is 9.03. The second-order valence-electron chi connectivity index (χ2n) is 7.25. The summed E-state index contributed by atoms with van der Waals surface area (Å²) in [6, 6.07) is 6.41. The van der Waals surface area contributed by atoms with Gasteiger partial charge in [0.05, 0.1) is 17.8 Å². The Bertz CT molecular complexity index is 1080. The summed E-state index contributed by atoms with van der Waals surface area (Å²) in [4.78, 5) is 2.33. The van der Waals surface area contributed by atoms with Gasteiger partial charge in [0, 0.05) is 26.2 Å². The third-order valence-electron chi connectivity index (χ3n) is 5.19.